The number of anilines is 1. The van der Waals surface area contributed by atoms with Gasteiger partial charge in [0.2, 0.25) is 11.8 Å². The summed E-state index contributed by atoms with van der Waals surface area (Å²) in [6.45, 7) is 0. The Bertz CT molecular complexity index is 853. The van der Waals surface area contributed by atoms with Crippen LogP contribution in [0.4, 0.5) is 5.69 Å². The zero-order valence-electron chi connectivity index (χ0n) is 15.0. The first-order valence-corrected chi connectivity index (χ1v) is 9.36. The first-order valence-electron chi connectivity index (χ1n) is 9.36. The summed E-state index contributed by atoms with van der Waals surface area (Å²) in [4.78, 5) is 39.3. The van der Waals surface area contributed by atoms with E-state index in [4.69, 9.17) is 4.74 Å². The Hall–Kier alpha value is -2.95. The Morgan fingerprint density at radius 1 is 0.889 bits per heavy atom. The number of nitrogens with zero attached hydrogens (tertiary/aromatic N) is 1. The number of benzene rings is 2. The molecule has 1 heterocycles. The van der Waals surface area contributed by atoms with Gasteiger partial charge in [0.25, 0.3) is 0 Å². The molecule has 4 rings (SSSR count). The fraction of sp³-hybridized carbons (Fsp3) is 0.318. The van der Waals surface area contributed by atoms with Gasteiger partial charge in [-0.25, -0.2) is 4.90 Å². The maximum absolute atomic E-state index is 12.8. The standard InChI is InChI=1S/C22H21NO4/c24-20(14-15-8-2-1-3-9-15)27-19-13-7-6-12-18(19)23-21(25)16-10-4-5-11-17(16)22(23)26/h1-3,6-9,12-13,16-17H,4-5,10-11,14H2/t16-,17+. The molecule has 2 atom stereocenters. The molecule has 5 heteroatoms. The molecule has 0 radical (unpaired) electrons. The quantitative estimate of drug-likeness (QED) is 0.474. The lowest BCUT2D eigenvalue weighted by molar-refractivity contribution is -0.133. The number of hydrogen-bond acceptors (Lipinski definition) is 4. The van der Waals surface area contributed by atoms with Crippen molar-refractivity contribution < 1.29 is 19.1 Å². The predicted octanol–water partition coefficient (Wildman–Crippen LogP) is 3.51. The maximum Gasteiger partial charge on any atom is 0.315 e. The first kappa shape index (κ1) is 17.5. The van der Waals surface area contributed by atoms with Crippen molar-refractivity contribution in [2.45, 2.75) is 32.1 Å². The number of ether oxygens (including phenoxy) is 1. The molecule has 1 saturated heterocycles. The molecule has 1 saturated carbocycles. The molecule has 1 aliphatic heterocycles. The molecule has 0 spiro atoms. The number of esters is 1. The van der Waals surface area contributed by atoms with Gasteiger partial charge in [-0.15, -0.1) is 0 Å². The number of rotatable bonds is 4. The van der Waals surface area contributed by atoms with E-state index in [0.29, 0.717) is 5.69 Å². The van der Waals surface area contributed by atoms with Gasteiger partial charge in [-0.3, -0.25) is 14.4 Å². The molecule has 0 N–H and O–H groups in total. The van der Waals surface area contributed by atoms with Crippen LogP contribution in [0.3, 0.4) is 0 Å². The SMILES string of the molecule is O=C(Cc1ccccc1)Oc1ccccc1N1C(=O)[C@H]2CCCC[C@H]2C1=O. The molecule has 0 unspecified atom stereocenters. The van der Waals surface area contributed by atoms with Gasteiger partial charge in [0.15, 0.2) is 5.75 Å². The maximum atomic E-state index is 12.8. The molecule has 2 aliphatic rings. The van der Waals surface area contributed by atoms with Gasteiger partial charge in [0, 0.05) is 0 Å². The highest BCUT2D eigenvalue weighted by Gasteiger charge is 2.49. The van der Waals surface area contributed by atoms with E-state index in [9.17, 15) is 14.4 Å². The molecule has 5 nitrogen and oxygen atoms in total. The number of para-hydroxylation sites is 2. The van der Waals surface area contributed by atoms with Crippen LogP contribution < -0.4 is 9.64 Å². The van der Waals surface area contributed by atoms with Crippen LogP contribution in [0.5, 0.6) is 5.75 Å². The van der Waals surface area contributed by atoms with E-state index >= 15 is 0 Å². The first-order chi connectivity index (χ1) is 13.1. The molecule has 0 aromatic heterocycles. The highest BCUT2D eigenvalue weighted by atomic mass is 16.5. The molecule has 2 aromatic carbocycles. The van der Waals surface area contributed by atoms with Crippen LogP contribution in [0.15, 0.2) is 54.6 Å². The average molecular weight is 363 g/mol. The van der Waals surface area contributed by atoms with Crippen LogP contribution >= 0.6 is 0 Å². The predicted molar refractivity (Wildman–Crippen MR) is 100 cm³/mol. The molecule has 2 aromatic rings. The number of carbonyl (C=O) groups is 3. The minimum absolute atomic E-state index is 0.127. The van der Waals surface area contributed by atoms with Gasteiger partial charge in [0.1, 0.15) is 0 Å². The van der Waals surface area contributed by atoms with Crippen LogP contribution in [0.25, 0.3) is 0 Å². The van der Waals surface area contributed by atoms with Gasteiger partial charge < -0.3 is 4.74 Å². The van der Waals surface area contributed by atoms with Crippen molar-refractivity contribution in [1.82, 2.24) is 0 Å². The second kappa shape index (κ2) is 7.35. The van der Waals surface area contributed by atoms with Crippen LogP contribution in [-0.4, -0.2) is 17.8 Å². The van der Waals surface area contributed by atoms with E-state index in [1.807, 2.05) is 30.3 Å². The summed E-state index contributed by atoms with van der Waals surface area (Å²) in [5.74, 6) is -0.991. The average Bonchev–Trinajstić information content (AvgIpc) is 2.94. The van der Waals surface area contributed by atoms with E-state index in [1.165, 1.54) is 4.90 Å². The van der Waals surface area contributed by atoms with Crippen molar-refractivity contribution in [1.29, 1.82) is 0 Å². The van der Waals surface area contributed by atoms with Gasteiger partial charge in [-0.1, -0.05) is 55.3 Å². The summed E-state index contributed by atoms with van der Waals surface area (Å²) in [5.41, 5.74) is 1.21. The Kier molecular flexibility index (Phi) is 4.75. The Balaban J connectivity index is 1.57. The van der Waals surface area contributed by atoms with E-state index in [1.54, 1.807) is 24.3 Å². The topological polar surface area (TPSA) is 63.7 Å². The number of imide groups is 1. The molecule has 0 bridgehead atoms. The van der Waals surface area contributed by atoms with E-state index < -0.39 is 5.97 Å². The fourth-order valence-corrected chi connectivity index (χ4v) is 4.05. The van der Waals surface area contributed by atoms with Gasteiger partial charge in [-0.05, 0) is 30.5 Å². The van der Waals surface area contributed by atoms with Crippen molar-refractivity contribution in [2.24, 2.45) is 11.8 Å². The molecular weight excluding hydrogens is 342 g/mol. The highest BCUT2D eigenvalue weighted by molar-refractivity contribution is 6.22. The summed E-state index contributed by atoms with van der Waals surface area (Å²) in [5, 5.41) is 0. The highest BCUT2D eigenvalue weighted by Crippen LogP contribution is 2.42. The second-order valence-electron chi connectivity index (χ2n) is 7.11. The van der Waals surface area contributed by atoms with E-state index in [0.717, 1.165) is 31.2 Å². The van der Waals surface area contributed by atoms with Gasteiger partial charge >= 0.3 is 5.97 Å². The Morgan fingerprint density at radius 3 is 2.15 bits per heavy atom. The summed E-state index contributed by atoms with van der Waals surface area (Å²) < 4.78 is 5.53. The zero-order valence-corrected chi connectivity index (χ0v) is 15.0. The summed E-state index contributed by atoms with van der Waals surface area (Å²) >= 11 is 0. The molecule has 27 heavy (non-hydrogen) atoms. The van der Waals surface area contributed by atoms with Crippen molar-refractivity contribution in [3.8, 4) is 5.75 Å². The lowest BCUT2D eigenvalue weighted by atomic mass is 9.81. The van der Waals surface area contributed by atoms with E-state index in [-0.39, 0.29) is 35.8 Å². The number of amides is 2. The zero-order chi connectivity index (χ0) is 18.8. The third-order valence-electron chi connectivity index (χ3n) is 5.36. The summed E-state index contributed by atoms with van der Waals surface area (Å²) in [6.07, 6.45) is 3.58. The Labute approximate surface area is 157 Å². The number of hydrogen-bond donors (Lipinski definition) is 0. The van der Waals surface area contributed by atoms with Crippen molar-refractivity contribution in [3.63, 3.8) is 0 Å². The third-order valence-corrected chi connectivity index (χ3v) is 5.36. The Morgan fingerprint density at radius 2 is 1.48 bits per heavy atom. The third kappa shape index (κ3) is 3.37. The van der Waals surface area contributed by atoms with Crippen LogP contribution in [0.2, 0.25) is 0 Å². The lowest BCUT2D eigenvalue weighted by Gasteiger charge is -2.19. The molecule has 2 fully saturated rings. The second-order valence-corrected chi connectivity index (χ2v) is 7.11. The molecule has 1 aliphatic carbocycles. The monoisotopic (exact) mass is 363 g/mol. The van der Waals surface area contributed by atoms with E-state index in [2.05, 4.69) is 0 Å². The van der Waals surface area contributed by atoms with Crippen molar-refractivity contribution in [2.75, 3.05) is 4.90 Å². The minimum atomic E-state index is -0.426. The minimum Gasteiger partial charge on any atom is -0.424 e. The largest absolute Gasteiger partial charge is 0.424 e. The molecular formula is C22H21NO4. The van der Waals surface area contributed by atoms with Crippen molar-refractivity contribution in [3.05, 3.63) is 60.2 Å². The van der Waals surface area contributed by atoms with Crippen LogP contribution in [-0.2, 0) is 20.8 Å². The lowest BCUT2D eigenvalue weighted by Crippen LogP contribution is -2.31. The van der Waals surface area contributed by atoms with Gasteiger partial charge in [0.05, 0.1) is 23.9 Å². The molecule has 138 valence electrons. The van der Waals surface area contributed by atoms with Crippen LogP contribution in [0.1, 0.15) is 31.2 Å². The van der Waals surface area contributed by atoms with Crippen LogP contribution in [0, 0.1) is 11.8 Å². The normalized spacial score (nSPS) is 21.9. The smallest absolute Gasteiger partial charge is 0.315 e. The summed E-state index contributed by atoms with van der Waals surface area (Å²) in [6, 6.07) is 16.1. The number of fused-ring (bicyclic) bond motifs is 1. The van der Waals surface area contributed by atoms with Gasteiger partial charge in [-0.2, -0.15) is 0 Å². The molecule has 2 amide bonds. The fourth-order valence-electron chi connectivity index (χ4n) is 4.05. The number of carbonyl (C=O) groups excluding carboxylic acids is 3. The van der Waals surface area contributed by atoms with Crippen molar-refractivity contribution >= 4 is 23.5 Å². The summed E-state index contributed by atoms with van der Waals surface area (Å²) in [7, 11) is 0.